The second kappa shape index (κ2) is 11.5. The normalized spacial score (nSPS) is 10.8. The summed E-state index contributed by atoms with van der Waals surface area (Å²) in [6.45, 7) is 5.89. The Morgan fingerprint density at radius 3 is 2.29 bits per heavy atom. The molecule has 2 rings (SSSR count). The Hall–Kier alpha value is -2.87. The van der Waals surface area contributed by atoms with Crippen LogP contribution >= 0.6 is 15.9 Å². The molecule has 0 aliphatic carbocycles. The molecule has 0 fully saturated rings. The summed E-state index contributed by atoms with van der Waals surface area (Å²) in [7, 11) is 0. The van der Waals surface area contributed by atoms with Gasteiger partial charge in [0.2, 0.25) is 11.8 Å². The number of alkyl carbamates (subject to hydrolysis) is 1. The molecule has 0 atom stereocenters. The van der Waals surface area contributed by atoms with Crippen LogP contribution in [0.1, 0.15) is 38.3 Å². The molecule has 0 radical (unpaired) electrons. The highest BCUT2D eigenvalue weighted by atomic mass is 79.9. The van der Waals surface area contributed by atoms with Crippen molar-refractivity contribution >= 4 is 39.5 Å². The molecule has 166 valence electrons. The highest BCUT2D eigenvalue weighted by molar-refractivity contribution is 9.10. The lowest BCUT2D eigenvalue weighted by Crippen LogP contribution is -2.35. The van der Waals surface area contributed by atoms with Gasteiger partial charge in [0, 0.05) is 29.7 Å². The number of hydrogen-bond acceptors (Lipinski definition) is 4. The Balaban J connectivity index is 1.70. The molecule has 0 bridgehead atoms. The van der Waals surface area contributed by atoms with Crippen molar-refractivity contribution in [3.8, 4) is 0 Å². The molecule has 3 amide bonds. The molecule has 7 nitrogen and oxygen atoms in total. The smallest absolute Gasteiger partial charge is 0.407 e. The van der Waals surface area contributed by atoms with Crippen molar-refractivity contribution in [3.05, 3.63) is 64.1 Å². The maximum Gasteiger partial charge on any atom is 0.407 e. The summed E-state index contributed by atoms with van der Waals surface area (Å²) in [5, 5.41) is 8.21. The van der Waals surface area contributed by atoms with E-state index >= 15 is 0 Å². The first kappa shape index (κ1) is 24.4. The minimum absolute atomic E-state index is 0.100. The van der Waals surface area contributed by atoms with E-state index in [1.54, 1.807) is 32.9 Å². The molecule has 3 N–H and O–H groups in total. The number of halogens is 1. The van der Waals surface area contributed by atoms with Crippen LogP contribution in [0.3, 0.4) is 0 Å². The fraction of sp³-hybridized carbons (Fsp3) is 0.348. The summed E-state index contributed by atoms with van der Waals surface area (Å²) in [4.78, 5) is 35.7. The highest BCUT2D eigenvalue weighted by Crippen LogP contribution is 2.14. The number of carbonyl (C=O) groups excluding carboxylic acids is 3. The maximum atomic E-state index is 12.2. The lowest BCUT2D eigenvalue weighted by atomic mass is 10.1. The summed E-state index contributed by atoms with van der Waals surface area (Å²) >= 11 is 3.40. The van der Waals surface area contributed by atoms with Gasteiger partial charge in [-0.1, -0.05) is 40.2 Å². The number of benzene rings is 2. The van der Waals surface area contributed by atoms with Gasteiger partial charge in [-0.05, 0) is 56.2 Å². The van der Waals surface area contributed by atoms with Gasteiger partial charge in [-0.2, -0.15) is 0 Å². The fourth-order valence-electron chi connectivity index (χ4n) is 2.62. The van der Waals surface area contributed by atoms with Gasteiger partial charge < -0.3 is 20.7 Å². The molecule has 2 aromatic carbocycles. The Kier molecular flexibility index (Phi) is 9.05. The fourth-order valence-corrected chi connectivity index (χ4v) is 3.07. The average Bonchev–Trinajstić information content (AvgIpc) is 2.66. The largest absolute Gasteiger partial charge is 0.444 e. The van der Waals surface area contributed by atoms with E-state index in [9.17, 15) is 14.4 Å². The molecule has 0 unspecified atom stereocenters. The van der Waals surface area contributed by atoms with Crippen LogP contribution in [0.4, 0.5) is 10.5 Å². The molecule has 0 aliphatic heterocycles. The number of anilines is 1. The van der Waals surface area contributed by atoms with Gasteiger partial charge in [0.1, 0.15) is 5.60 Å². The molecular formula is C23H28BrN3O4. The minimum Gasteiger partial charge on any atom is -0.444 e. The molecule has 2 aromatic rings. The summed E-state index contributed by atoms with van der Waals surface area (Å²) in [5.74, 6) is -0.279. The third-order valence-corrected chi connectivity index (χ3v) is 4.49. The van der Waals surface area contributed by atoms with E-state index in [4.69, 9.17) is 4.74 Å². The zero-order valence-corrected chi connectivity index (χ0v) is 19.5. The number of ether oxygens (including phenoxy) is 1. The van der Waals surface area contributed by atoms with Gasteiger partial charge in [0.15, 0.2) is 0 Å². The van der Waals surface area contributed by atoms with Crippen molar-refractivity contribution in [3.63, 3.8) is 0 Å². The summed E-state index contributed by atoms with van der Waals surface area (Å²) in [5.41, 5.74) is 1.94. The predicted octanol–water partition coefficient (Wildman–Crippen LogP) is 4.16. The van der Waals surface area contributed by atoms with Crippen molar-refractivity contribution in [1.82, 2.24) is 10.6 Å². The number of rotatable bonds is 8. The number of nitrogens with one attached hydrogen (secondary N) is 3. The van der Waals surface area contributed by atoms with Crippen molar-refractivity contribution < 1.29 is 19.1 Å². The van der Waals surface area contributed by atoms with Gasteiger partial charge in [0.05, 0.1) is 6.42 Å². The number of amides is 3. The Bertz CT molecular complexity index is 908. The van der Waals surface area contributed by atoms with Crippen LogP contribution < -0.4 is 16.0 Å². The minimum atomic E-state index is -0.573. The van der Waals surface area contributed by atoms with Crippen molar-refractivity contribution in [2.45, 2.75) is 45.8 Å². The standard InChI is InChI=1S/C23H28BrN3O4/c1-23(2,3)31-22(30)25-12-11-20(28)26-15-16-7-9-19(10-8-16)27-21(29)14-17-5-4-6-18(24)13-17/h4-10,13H,11-12,14-15H2,1-3H3,(H,25,30)(H,26,28)(H,27,29). The van der Waals surface area contributed by atoms with Crippen molar-refractivity contribution in [1.29, 1.82) is 0 Å². The summed E-state index contributed by atoms with van der Waals surface area (Å²) in [6, 6.07) is 14.9. The zero-order valence-electron chi connectivity index (χ0n) is 18.0. The lowest BCUT2D eigenvalue weighted by Gasteiger charge is -2.19. The Morgan fingerprint density at radius 1 is 0.935 bits per heavy atom. The number of carbonyl (C=O) groups is 3. The lowest BCUT2D eigenvalue weighted by molar-refractivity contribution is -0.121. The van der Waals surface area contributed by atoms with Gasteiger partial charge >= 0.3 is 6.09 Å². The van der Waals surface area contributed by atoms with Crippen LogP contribution in [0.15, 0.2) is 53.0 Å². The van der Waals surface area contributed by atoms with E-state index in [0.29, 0.717) is 12.2 Å². The Labute approximate surface area is 191 Å². The average molecular weight is 490 g/mol. The number of hydrogen-bond donors (Lipinski definition) is 3. The second-order valence-corrected chi connectivity index (χ2v) is 8.92. The SMILES string of the molecule is CC(C)(C)OC(=O)NCCC(=O)NCc1ccc(NC(=O)Cc2cccc(Br)c2)cc1. The highest BCUT2D eigenvalue weighted by Gasteiger charge is 2.15. The molecule has 0 saturated carbocycles. The molecule has 0 aromatic heterocycles. The molecule has 0 spiro atoms. The van der Waals surface area contributed by atoms with Crippen LogP contribution in [-0.2, 0) is 27.3 Å². The molecule has 0 heterocycles. The maximum absolute atomic E-state index is 12.2. The monoisotopic (exact) mass is 489 g/mol. The molecular weight excluding hydrogens is 462 g/mol. The van der Waals surface area contributed by atoms with Crippen molar-refractivity contribution in [2.75, 3.05) is 11.9 Å². The molecule has 0 saturated heterocycles. The van der Waals surface area contributed by atoms with Crippen molar-refractivity contribution in [2.24, 2.45) is 0 Å². The molecule has 31 heavy (non-hydrogen) atoms. The first-order chi connectivity index (χ1) is 14.6. The van der Waals surface area contributed by atoms with Gasteiger partial charge in [-0.15, -0.1) is 0 Å². The summed E-state index contributed by atoms with van der Waals surface area (Å²) < 4.78 is 6.05. The van der Waals surface area contributed by atoms with Crippen LogP contribution in [-0.4, -0.2) is 30.1 Å². The van der Waals surface area contributed by atoms with E-state index < -0.39 is 11.7 Å². The predicted molar refractivity (Wildman–Crippen MR) is 124 cm³/mol. The van der Waals surface area contributed by atoms with Gasteiger partial charge in [-0.25, -0.2) is 4.79 Å². The van der Waals surface area contributed by atoms with E-state index in [-0.39, 0.29) is 31.2 Å². The van der Waals surface area contributed by atoms with Crippen LogP contribution in [0.2, 0.25) is 0 Å². The Morgan fingerprint density at radius 2 is 1.65 bits per heavy atom. The first-order valence-corrected chi connectivity index (χ1v) is 10.8. The molecule has 8 heteroatoms. The quantitative estimate of drug-likeness (QED) is 0.518. The topological polar surface area (TPSA) is 96.5 Å². The van der Waals surface area contributed by atoms with E-state index in [0.717, 1.165) is 15.6 Å². The molecule has 0 aliphatic rings. The van der Waals surface area contributed by atoms with Gasteiger partial charge in [0.25, 0.3) is 0 Å². The van der Waals surface area contributed by atoms with E-state index in [1.807, 2.05) is 36.4 Å². The zero-order chi connectivity index (χ0) is 22.9. The van der Waals surface area contributed by atoms with E-state index in [1.165, 1.54) is 0 Å². The summed E-state index contributed by atoms with van der Waals surface area (Å²) in [6.07, 6.45) is -0.102. The third kappa shape index (κ3) is 10.1. The third-order valence-electron chi connectivity index (χ3n) is 4.00. The van der Waals surface area contributed by atoms with E-state index in [2.05, 4.69) is 31.9 Å². The van der Waals surface area contributed by atoms with Crippen LogP contribution in [0.5, 0.6) is 0 Å². The van der Waals surface area contributed by atoms with Gasteiger partial charge in [-0.3, -0.25) is 9.59 Å². The van der Waals surface area contributed by atoms with Crippen LogP contribution in [0.25, 0.3) is 0 Å². The second-order valence-electron chi connectivity index (χ2n) is 8.01. The first-order valence-electron chi connectivity index (χ1n) is 9.97. The van der Waals surface area contributed by atoms with Crippen LogP contribution in [0, 0.1) is 0 Å².